The van der Waals surface area contributed by atoms with Crippen molar-refractivity contribution in [1.82, 2.24) is 10.3 Å². The average Bonchev–Trinajstić information content (AvgIpc) is 3.76. The highest BCUT2D eigenvalue weighted by molar-refractivity contribution is 6.31. The number of carbonyl (C=O) groups is 1. The summed E-state index contributed by atoms with van der Waals surface area (Å²) in [5.74, 6) is -0.0222. The molecule has 2 aromatic carbocycles. The summed E-state index contributed by atoms with van der Waals surface area (Å²) in [6.07, 6.45) is -0.107. The first-order valence-corrected chi connectivity index (χ1v) is 13.8. The molecule has 1 amide bonds. The fourth-order valence-corrected chi connectivity index (χ4v) is 5.31. The van der Waals surface area contributed by atoms with Crippen molar-refractivity contribution in [2.24, 2.45) is 5.92 Å². The smallest absolute Gasteiger partial charge is 0.433 e. The van der Waals surface area contributed by atoms with Crippen molar-refractivity contribution in [3.8, 4) is 11.5 Å². The molecule has 2 aliphatic carbocycles. The third-order valence-electron chi connectivity index (χ3n) is 7.59. The van der Waals surface area contributed by atoms with Crippen molar-refractivity contribution in [3.63, 3.8) is 0 Å². The standard InChI is InChI=1S/C29H29ClF5N3O3/c1-38(23-14-26(29(33,34)35)37-22-10-5-18(30)13-21(22)23)20-8-6-19(7-9-20)36-27(39)17-4-11-24(41-28(31)32)25(12-17)40-15-16-2-3-16/h4-5,10-14,16,19-20,28H,2-3,6-9,15H2,1H3,(H,36,39). The van der Waals surface area contributed by atoms with Gasteiger partial charge in [-0.1, -0.05) is 11.6 Å². The van der Waals surface area contributed by atoms with Crippen LogP contribution in [0.1, 0.15) is 54.6 Å². The van der Waals surface area contributed by atoms with Crippen LogP contribution >= 0.6 is 11.6 Å². The van der Waals surface area contributed by atoms with Gasteiger partial charge >= 0.3 is 12.8 Å². The van der Waals surface area contributed by atoms with Crippen LogP contribution in [0.2, 0.25) is 5.02 Å². The van der Waals surface area contributed by atoms with Gasteiger partial charge in [0.05, 0.1) is 12.1 Å². The lowest BCUT2D eigenvalue weighted by molar-refractivity contribution is -0.140. The summed E-state index contributed by atoms with van der Waals surface area (Å²) in [5, 5.41) is 3.92. The van der Waals surface area contributed by atoms with Crippen molar-refractivity contribution >= 4 is 34.1 Å². The second-order valence-electron chi connectivity index (χ2n) is 10.6. The number of hydrogen-bond acceptors (Lipinski definition) is 5. The van der Waals surface area contributed by atoms with E-state index in [-0.39, 0.29) is 40.6 Å². The number of benzene rings is 2. The maximum absolute atomic E-state index is 13.6. The predicted octanol–water partition coefficient (Wildman–Crippen LogP) is 7.47. The number of pyridine rings is 1. The molecule has 0 aliphatic heterocycles. The molecule has 0 radical (unpaired) electrons. The van der Waals surface area contributed by atoms with Gasteiger partial charge in [0, 0.05) is 40.8 Å². The van der Waals surface area contributed by atoms with Gasteiger partial charge < -0.3 is 19.7 Å². The van der Waals surface area contributed by atoms with Gasteiger partial charge in [-0.2, -0.15) is 22.0 Å². The molecule has 2 aliphatic rings. The maximum atomic E-state index is 13.6. The van der Waals surface area contributed by atoms with Crippen LogP contribution in [0.5, 0.6) is 11.5 Å². The minimum absolute atomic E-state index is 0.0676. The van der Waals surface area contributed by atoms with E-state index in [9.17, 15) is 26.7 Å². The van der Waals surface area contributed by atoms with Gasteiger partial charge in [-0.05, 0) is 86.9 Å². The molecule has 0 atom stereocenters. The van der Waals surface area contributed by atoms with Gasteiger partial charge in [-0.15, -0.1) is 0 Å². The van der Waals surface area contributed by atoms with Crippen LogP contribution in [0, 0.1) is 5.92 Å². The monoisotopic (exact) mass is 597 g/mol. The maximum Gasteiger partial charge on any atom is 0.433 e. The van der Waals surface area contributed by atoms with Gasteiger partial charge in [0.2, 0.25) is 0 Å². The van der Waals surface area contributed by atoms with E-state index >= 15 is 0 Å². The summed E-state index contributed by atoms with van der Waals surface area (Å²) >= 11 is 6.15. The van der Waals surface area contributed by atoms with Gasteiger partial charge in [-0.3, -0.25) is 4.79 Å². The number of halogens is 6. The normalized spacial score (nSPS) is 19.3. The van der Waals surface area contributed by atoms with E-state index in [1.165, 1.54) is 30.3 Å². The van der Waals surface area contributed by atoms with Crippen LogP contribution in [0.15, 0.2) is 42.5 Å². The van der Waals surface area contributed by atoms with Crippen molar-refractivity contribution in [2.75, 3.05) is 18.6 Å². The van der Waals surface area contributed by atoms with Gasteiger partial charge in [0.25, 0.3) is 5.91 Å². The molecule has 6 nitrogen and oxygen atoms in total. The molecule has 1 heterocycles. The Kier molecular flexibility index (Phi) is 8.45. The quantitative estimate of drug-likeness (QED) is 0.259. The molecule has 2 saturated carbocycles. The van der Waals surface area contributed by atoms with Crippen molar-refractivity contribution < 1.29 is 36.2 Å². The number of carbonyl (C=O) groups excluding carboxylic acids is 1. The number of fused-ring (bicyclic) bond motifs is 1. The fraction of sp³-hybridized carbons (Fsp3) is 0.448. The summed E-state index contributed by atoms with van der Waals surface area (Å²) in [6, 6.07) is 9.55. The molecule has 5 rings (SSSR count). The number of ether oxygens (including phenoxy) is 2. The zero-order valence-corrected chi connectivity index (χ0v) is 22.9. The number of alkyl halides is 5. The van der Waals surface area contributed by atoms with Crippen LogP contribution in [0.25, 0.3) is 10.9 Å². The zero-order valence-electron chi connectivity index (χ0n) is 22.2. The molecule has 12 heteroatoms. The number of nitrogens with zero attached hydrogens (tertiary/aromatic N) is 2. The summed E-state index contributed by atoms with van der Waals surface area (Å²) in [6.45, 7) is -2.65. The topological polar surface area (TPSA) is 63.7 Å². The minimum Gasteiger partial charge on any atom is -0.489 e. The molecule has 1 N–H and O–H groups in total. The number of amides is 1. The third kappa shape index (κ3) is 7.12. The molecular weight excluding hydrogens is 569 g/mol. The van der Waals surface area contributed by atoms with E-state index in [0.717, 1.165) is 18.9 Å². The van der Waals surface area contributed by atoms with Gasteiger partial charge in [0.15, 0.2) is 11.5 Å². The van der Waals surface area contributed by atoms with Crippen molar-refractivity contribution in [1.29, 1.82) is 0 Å². The van der Waals surface area contributed by atoms with Crippen LogP contribution < -0.4 is 19.7 Å². The van der Waals surface area contributed by atoms with E-state index in [1.54, 1.807) is 13.1 Å². The second kappa shape index (κ2) is 11.9. The predicted molar refractivity (Wildman–Crippen MR) is 145 cm³/mol. The Morgan fingerprint density at radius 2 is 1.78 bits per heavy atom. The van der Waals surface area contributed by atoms with Gasteiger partial charge in [-0.25, -0.2) is 4.98 Å². The average molecular weight is 598 g/mol. The number of nitrogens with one attached hydrogen (secondary N) is 1. The van der Waals surface area contributed by atoms with E-state index in [4.69, 9.17) is 16.3 Å². The van der Waals surface area contributed by atoms with Crippen LogP contribution in [-0.4, -0.2) is 43.2 Å². The molecular formula is C29H29ClF5N3O3. The molecule has 1 aromatic heterocycles. The second-order valence-corrected chi connectivity index (χ2v) is 11.0. The molecule has 0 saturated heterocycles. The lowest BCUT2D eigenvalue weighted by Crippen LogP contribution is -2.43. The Hall–Kier alpha value is -3.34. The first-order valence-electron chi connectivity index (χ1n) is 13.4. The largest absolute Gasteiger partial charge is 0.489 e. The molecule has 41 heavy (non-hydrogen) atoms. The molecule has 3 aromatic rings. The summed E-state index contributed by atoms with van der Waals surface area (Å²) in [7, 11) is 1.76. The third-order valence-corrected chi connectivity index (χ3v) is 7.83. The van der Waals surface area contributed by atoms with E-state index in [2.05, 4.69) is 15.0 Å². The lowest BCUT2D eigenvalue weighted by Gasteiger charge is -2.37. The molecule has 0 spiro atoms. The fourth-order valence-electron chi connectivity index (χ4n) is 5.14. The van der Waals surface area contributed by atoms with Crippen molar-refractivity contribution in [2.45, 2.75) is 63.4 Å². The van der Waals surface area contributed by atoms with E-state index < -0.39 is 18.5 Å². The van der Waals surface area contributed by atoms with Gasteiger partial charge in [0.1, 0.15) is 5.69 Å². The molecule has 220 valence electrons. The lowest BCUT2D eigenvalue weighted by atomic mass is 9.89. The summed E-state index contributed by atoms with van der Waals surface area (Å²) in [4.78, 5) is 18.6. The van der Waals surface area contributed by atoms with E-state index in [1.807, 2.05) is 4.90 Å². The van der Waals surface area contributed by atoms with Crippen LogP contribution in [-0.2, 0) is 6.18 Å². The van der Waals surface area contributed by atoms with Crippen LogP contribution in [0.3, 0.4) is 0 Å². The Morgan fingerprint density at radius 3 is 2.44 bits per heavy atom. The molecule has 0 bridgehead atoms. The number of hydrogen-bond donors (Lipinski definition) is 1. The highest BCUT2D eigenvalue weighted by Gasteiger charge is 2.35. The first kappa shape index (κ1) is 29.2. The highest BCUT2D eigenvalue weighted by atomic mass is 35.5. The minimum atomic E-state index is -4.60. The SMILES string of the molecule is CN(c1cc(C(F)(F)F)nc2ccc(Cl)cc12)C1CCC(NC(=O)c2ccc(OC(F)F)c(OCC3CC3)c2)CC1. The molecule has 0 unspecified atom stereocenters. The Balaban J connectivity index is 1.25. The summed E-state index contributed by atoms with van der Waals surface area (Å²) in [5.41, 5.74) is -0.114. The number of aromatic nitrogens is 1. The highest BCUT2D eigenvalue weighted by Crippen LogP contribution is 2.38. The van der Waals surface area contributed by atoms with Crippen LogP contribution in [0.4, 0.5) is 27.6 Å². The Labute approximate surface area is 238 Å². The first-order chi connectivity index (χ1) is 19.5. The Morgan fingerprint density at radius 1 is 1.05 bits per heavy atom. The number of anilines is 1. The van der Waals surface area contributed by atoms with Crippen molar-refractivity contribution in [3.05, 3.63) is 58.7 Å². The zero-order chi connectivity index (χ0) is 29.3. The Bertz CT molecular complexity index is 1410. The summed E-state index contributed by atoms with van der Waals surface area (Å²) < 4.78 is 76.6. The molecule has 2 fully saturated rings. The number of rotatable bonds is 9. The van der Waals surface area contributed by atoms with E-state index in [0.29, 0.717) is 54.3 Å².